The molecule has 7 nitrogen and oxygen atoms in total. The quantitative estimate of drug-likeness (QED) is 0.503. The first-order chi connectivity index (χ1) is 9.43. The number of nitrogens with two attached hydrogens (primary N) is 1. The van der Waals surface area contributed by atoms with Crippen LogP contribution in [0.25, 0.3) is 11.5 Å². The Kier molecular flexibility index (Phi) is 3.91. The number of methoxy groups -OCH3 is 2. The number of aromatic nitrogens is 2. The van der Waals surface area contributed by atoms with Crippen LogP contribution in [0.3, 0.4) is 0 Å². The second kappa shape index (κ2) is 5.48. The Morgan fingerprint density at radius 1 is 1.20 bits per heavy atom. The lowest BCUT2D eigenvalue weighted by molar-refractivity contribution is -0.916. The second-order valence-corrected chi connectivity index (χ2v) is 5.00. The predicted octanol–water partition coefficient (Wildman–Crippen LogP) is 1.20. The van der Waals surface area contributed by atoms with E-state index in [-0.39, 0.29) is 4.59 Å². The molecule has 1 heterocycles. The van der Waals surface area contributed by atoms with Gasteiger partial charge in [-0.1, -0.05) is 0 Å². The molecule has 2 rings (SSSR count). The van der Waals surface area contributed by atoms with Gasteiger partial charge in [0, 0.05) is 6.07 Å². The maximum Gasteiger partial charge on any atom is 0.273 e. The lowest BCUT2D eigenvalue weighted by Crippen LogP contribution is -2.45. The minimum Gasteiger partial charge on any atom is -0.497 e. The number of hydrogen-bond donors (Lipinski definition) is 1. The van der Waals surface area contributed by atoms with Gasteiger partial charge >= 0.3 is 0 Å². The molecule has 1 aromatic heterocycles. The molecule has 0 spiro atoms. The molecule has 0 aliphatic carbocycles. The van der Waals surface area contributed by atoms with Crippen LogP contribution in [-0.2, 0) is 6.54 Å². The molecule has 0 bridgehead atoms. The molecule has 1 aromatic carbocycles. The van der Waals surface area contributed by atoms with Gasteiger partial charge in [0.1, 0.15) is 11.5 Å². The molecule has 0 saturated heterocycles. The summed E-state index contributed by atoms with van der Waals surface area (Å²) in [6.07, 6.45) is 0. The summed E-state index contributed by atoms with van der Waals surface area (Å²) < 4.78 is 16.3. The smallest absolute Gasteiger partial charge is 0.273 e. The van der Waals surface area contributed by atoms with Gasteiger partial charge in [-0.05, 0) is 12.1 Å². The molecule has 7 heteroatoms. The Morgan fingerprint density at radius 2 is 1.95 bits per heavy atom. The highest BCUT2D eigenvalue weighted by molar-refractivity contribution is 5.64. The van der Waals surface area contributed by atoms with Crippen molar-refractivity contribution >= 4 is 0 Å². The summed E-state index contributed by atoms with van der Waals surface area (Å²) in [6, 6.07) is 5.39. The van der Waals surface area contributed by atoms with Crippen LogP contribution in [0.1, 0.15) is 5.89 Å². The van der Waals surface area contributed by atoms with Crippen LogP contribution in [0.4, 0.5) is 0 Å². The van der Waals surface area contributed by atoms with E-state index in [1.54, 1.807) is 20.3 Å². The third kappa shape index (κ3) is 3.25. The van der Waals surface area contributed by atoms with Gasteiger partial charge in [0.05, 0.1) is 33.9 Å². The van der Waals surface area contributed by atoms with E-state index in [0.29, 0.717) is 29.8 Å². The van der Waals surface area contributed by atoms with E-state index in [9.17, 15) is 0 Å². The van der Waals surface area contributed by atoms with Crippen molar-refractivity contribution in [3.63, 3.8) is 0 Å². The summed E-state index contributed by atoms with van der Waals surface area (Å²) in [6.45, 7) is 0.450. The number of quaternary nitrogens is 1. The SMILES string of the molecule is COc1ccc(-c2nnc(C[N+](C)(C)N)o2)c(OC)c1. The van der Waals surface area contributed by atoms with Gasteiger partial charge in [-0.25, -0.2) is 4.59 Å². The summed E-state index contributed by atoms with van der Waals surface area (Å²) in [5.41, 5.74) is 0.717. The Balaban J connectivity index is 2.32. The number of nitrogens with zero attached hydrogens (tertiary/aromatic N) is 3. The van der Waals surface area contributed by atoms with E-state index in [2.05, 4.69) is 10.2 Å². The molecule has 2 N–H and O–H groups in total. The molecular weight excluding hydrogens is 260 g/mol. The Labute approximate surface area is 117 Å². The van der Waals surface area contributed by atoms with Crippen LogP contribution in [0.15, 0.2) is 22.6 Å². The van der Waals surface area contributed by atoms with Gasteiger partial charge in [0.15, 0.2) is 6.54 Å². The van der Waals surface area contributed by atoms with E-state index in [0.717, 1.165) is 5.56 Å². The largest absolute Gasteiger partial charge is 0.497 e. The zero-order valence-corrected chi connectivity index (χ0v) is 12.1. The zero-order chi connectivity index (χ0) is 14.8. The van der Waals surface area contributed by atoms with Crippen molar-refractivity contribution in [2.24, 2.45) is 5.84 Å². The maximum atomic E-state index is 5.88. The molecule has 2 aromatic rings. The fourth-order valence-electron chi connectivity index (χ4n) is 1.75. The molecule has 0 amide bonds. The average molecular weight is 279 g/mol. The van der Waals surface area contributed by atoms with E-state index >= 15 is 0 Å². The Morgan fingerprint density at radius 3 is 2.55 bits per heavy atom. The van der Waals surface area contributed by atoms with Crippen LogP contribution in [0.2, 0.25) is 0 Å². The average Bonchev–Trinajstić information content (AvgIpc) is 2.83. The lowest BCUT2D eigenvalue weighted by atomic mass is 10.2. The van der Waals surface area contributed by atoms with Crippen LogP contribution >= 0.6 is 0 Å². The van der Waals surface area contributed by atoms with E-state index in [4.69, 9.17) is 19.7 Å². The van der Waals surface area contributed by atoms with Gasteiger partial charge in [-0.3, -0.25) is 0 Å². The molecule has 0 atom stereocenters. The molecule has 0 fully saturated rings. The Bertz CT molecular complexity index is 590. The third-order valence-electron chi connectivity index (χ3n) is 2.65. The predicted molar refractivity (Wildman–Crippen MR) is 72.8 cm³/mol. The van der Waals surface area contributed by atoms with Crippen molar-refractivity contribution in [1.82, 2.24) is 10.2 Å². The first-order valence-electron chi connectivity index (χ1n) is 6.09. The number of hydrogen-bond acceptors (Lipinski definition) is 6. The highest BCUT2D eigenvalue weighted by atomic mass is 16.5. The lowest BCUT2D eigenvalue weighted by Gasteiger charge is -2.19. The summed E-state index contributed by atoms with van der Waals surface area (Å²) in [5, 5.41) is 8.03. The molecule has 0 aliphatic heterocycles. The first-order valence-corrected chi connectivity index (χ1v) is 6.09. The van der Waals surface area contributed by atoms with Crippen molar-refractivity contribution in [1.29, 1.82) is 0 Å². The van der Waals surface area contributed by atoms with Crippen LogP contribution < -0.4 is 15.3 Å². The number of benzene rings is 1. The molecule has 108 valence electrons. The highest BCUT2D eigenvalue weighted by Crippen LogP contribution is 2.32. The van der Waals surface area contributed by atoms with E-state index in [1.165, 1.54) is 0 Å². The van der Waals surface area contributed by atoms with Gasteiger partial charge in [-0.15, -0.1) is 10.2 Å². The topological polar surface area (TPSA) is 83.4 Å². The van der Waals surface area contributed by atoms with Gasteiger partial charge in [0.25, 0.3) is 11.8 Å². The zero-order valence-electron chi connectivity index (χ0n) is 12.1. The van der Waals surface area contributed by atoms with E-state index in [1.807, 2.05) is 26.2 Å². The standard InChI is InChI=1S/C13H19N4O3/c1-17(2,14)8-12-15-16-13(20-12)10-6-5-9(18-3)7-11(10)19-4/h5-7H,8,14H2,1-4H3/q+1. The van der Waals surface area contributed by atoms with Gasteiger partial charge < -0.3 is 13.9 Å². The van der Waals surface area contributed by atoms with Gasteiger partial charge in [-0.2, -0.15) is 5.84 Å². The summed E-state index contributed by atoms with van der Waals surface area (Å²) in [7, 11) is 6.87. The van der Waals surface area contributed by atoms with Crippen LogP contribution in [-0.4, -0.2) is 43.1 Å². The molecule has 0 saturated carbocycles. The summed E-state index contributed by atoms with van der Waals surface area (Å²) in [4.78, 5) is 0. The summed E-state index contributed by atoms with van der Waals surface area (Å²) >= 11 is 0. The van der Waals surface area contributed by atoms with Crippen LogP contribution in [0.5, 0.6) is 11.5 Å². The number of rotatable bonds is 5. The normalized spacial score (nSPS) is 11.4. The van der Waals surface area contributed by atoms with Crippen molar-refractivity contribution in [3.05, 3.63) is 24.1 Å². The summed E-state index contributed by atoms with van der Waals surface area (Å²) in [5.74, 6) is 8.06. The maximum absolute atomic E-state index is 5.88. The van der Waals surface area contributed by atoms with Crippen molar-refractivity contribution < 1.29 is 18.5 Å². The minimum atomic E-state index is 0.224. The molecule has 0 unspecified atom stereocenters. The first kappa shape index (κ1) is 14.3. The monoisotopic (exact) mass is 279 g/mol. The van der Waals surface area contributed by atoms with Crippen molar-refractivity contribution in [2.45, 2.75) is 6.54 Å². The molecule has 0 radical (unpaired) electrons. The minimum absolute atomic E-state index is 0.224. The highest BCUT2D eigenvalue weighted by Gasteiger charge is 2.19. The fourth-order valence-corrected chi connectivity index (χ4v) is 1.75. The molecular formula is C13H19N4O3+. The Hall–Kier alpha value is -2.12. The molecule has 0 aliphatic rings. The fraction of sp³-hybridized carbons (Fsp3) is 0.385. The van der Waals surface area contributed by atoms with Crippen molar-refractivity contribution in [3.8, 4) is 23.0 Å². The van der Waals surface area contributed by atoms with E-state index < -0.39 is 0 Å². The number of ether oxygens (including phenoxy) is 2. The van der Waals surface area contributed by atoms with Crippen molar-refractivity contribution in [2.75, 3.05) is 28.3 Å². The third-order valence-corrected chi connectivity index (χ3v) is 2.65. The molecule has 20 heavy (non-hydrogen) atoms. The van der Waals surface area contributed by atoms with Crippen LogP contribution in [0, 0.1) is 0 Å². The van der Waals surface area contributed by atoms with Gasteiger partial charge in [0.2, 0.25) is 0 Å². The second-order valence-electron chi connectivity index (χ2n) is 5.00.